The number of urea groups is 1. The van der Waals surface area contributed by atoms with Crippen LogP contribution in [0.1, 0.15) is 18.0 Å². The van der Waals surface area contributed by atoms with E-state index in [9.17, 15) is 4.79 Å². The Morgan fingerprint density at radius 1 is 1.20 bits per heavy atom. The maximum absolute atomic E-state index is 12.0. The molecule has 0 bridgehead atoms. The fourth-order valence-corrected chi connectivity index (χ4v) is 2.24. The maximum atomic E-state index is 12.0. The highest BCUT2D eigenvalue weighted by Gasteiger charge is 2.22. The Kier molecular flexibility index (Phi) is 3.50. The standard InChI is InChI=1S/C15H15N3O2/c19-15(18-14-7-3-4-9-16-14)17-12-8-10-20-13-6-2-1-5-11(12)13/h1-7,9,12H,8,10H2,(H2,16,17,18,19)/t12-/m0/s1. The van der Waals surface area contributed by atoms with Gasteiger partial charge in [-0.15, -0.1) is 0 Å². The average molecular weight is 269 g/mol. The molecule has 0 radical (unpaired) electrons. The number of pyridine rings is 1. The summed E-state index contributed by atoms with van der Waals surface area (Å²) in [5, 5.41) is 5.67. The summed E-state index contributed by atoms with van der Waals surface area (Å²) in [5.74, 6) is 1.37. The van der Waals surface area contributed by atoms with Crippen molar-refractivity contribution in [3.8, 4) is 5.75 Å². The monoisotopic (exact) mass is 269 g/mol. The number of nitrogens with zero attached hydrogens (tertiary/aromatic N) is 1. The van der Waals surface area contributed by atoms with Crippen LogP contribution in [0, 0.1) is 0 Å². The number of hydrogen-bond donors (Lipinski definition) is 2. The van der Waals surface area contributed by atoms with Crippen molar-refractivity contribution < 1.29 is 9.53 Å². The van der Waals surface area contributed by atoms with Crippen molar-refractivity contribution in [1.82, 2.24) is 10.3 Å². The summed E-state index contributed by atoms with van der Waals surface area (Å²) in [6.45, 7) is 0.603. The van der Waals surface area contributed by atoms with Crippen LogP contribution in [-0.2, 0) is 0 Å². The number of benzene rings is 1. The molecule has 2 heterocycles. The molecule has 0 saturated heterocycles. The number of rotatable bonds is 2. The SMILES string of the molecule is O=C(Nc1ccccn1)N[C@H]1CCOc2ccccc21. The number of anilines is 1. The van der Waals surface area contributed by atoms with Gasteiger partial charge >= 0.3 is 6.03 Å². The minimum absolute atomic E-state index is 0.0383. The average Bonchev–Trinajstić information content (AvgIpc) is 2.48. The lowest BCUT2D eigenvalue weighted by Gasteiger charge is -2.26. The van der Waals surface area contributed by atoms with Gasteiger partial charge < -0.3 is 10.1 Å². The van der Waals surface area contributed by atoms with Crippen LogP contribution in [0.3, 0.4) is 0 Å². The van der Waals surface area contributed by atoms with Crippen molar-refractivity contribution in [2.75, 3.05) is 11.9 Å². The third-order valence-corrected chi connectivity index (χ3v) is 3.17. The summed E-state index contributed by atoms with van der Waals surface area (Å²) >= 11 is 0. The molecule has 0 saturated carbocycles. The van der Waals surface area contributed by atoms with Gasteiger partial charge in [0.15, 0.2) is 0 Å². The largest absolute Gasteiger partial charge is 0.493 e. The molecule has 0 aliphatic carbocycles. The zero-order valence-electron chi connectivity index (χ0n) is 10.9. The normalized spacial score (nSPS) is 16.7. The number of aromatic nitrogens is 1. The van der Waals surface area contributed by atoms with E-state index in [1.165, 1.54) is 0 Å². The first-order chi connectivity index (χ1) is 9.83. The van der Waals surface area contributed by atoms with E-state index in [1.54, 1.807) is 18.3 Å². The first kappa shape index (κ1) is 12.5. The molecular formula is C15H15N3O2. The molecule has 102 valence electrons. The van der Waals surface area contributed by atoms with Crippen molar-refractivity contribution in [2.24, 2.45) is 0 Å². The highest BCUT2D eigenvalue weighted by molar-refractivity contribution is 5.88. The molecule has 1 aromatic carbocycles. The quantitative estimate of drug-likeness (QED) is 0.881. The fourth-order valence-electron chi connectivity index (χ4n) is 2.24. The van der Waals surface area contributed by atoms with E-state index in [1.807, 2.05) is 30.3 Å². The van der Waals surface area contributed by atoms with Gasteiger partial charge in [0, 0.05) is 18.2 Å². The van der Waals surface area contributed by atoms with Crippen molar-refractivity contribution in [3.63, 3.8) is 0 Å². The summed E-state index contributed by atoms with van der Waals surface area (Å²) in [6.07, 6.45) is 2.39. The fraction of sp³-hybridized carbons (Fsp3) is 0.200. The van der Waals surface area contributed by atoms with E-state index in [-0.39, 0.29) is 12.1 Å². The van der Waals surface area contributed by atoms with Crippen molar-refractivity contribution in [1.29, 1.82) is 0 Å². The van der Waals surface area contributed by atoms with Crippen LogP contribution in [0.15, 0.2) is 48.7 Å². The molecule has 0 unspecified atom stereocenters. The van der Waals surface area contributed by atoms with Crippen molar-refractivity contribution in [3.05, 3.63) is 54.2 Å². The predicted molar refractivity (Wildman–Crippen MR) is 75.7 cm³/mol. The number of amides is 2. The minimum Gasteiger partial charge on any atom is -0.493 e. The van der Waals surface area contributed by atoms with Gasteiger partial charge in [-0.05, 0) is 18.2 Å². The molecular weight excluding hydrogens is 254 g/mol. The molecule has 20 heavy (non-hydrogen) atoms. The van der Waals surface area contributed by atoms with Crippen LogP contribution in [0.2, 0.25) is 0 Å². The van der Waals surface area contributed by atoms with E-state index in [0.717, 1.165) is 17.7 Å². The smallest absolute Gasteiger partial charge is 0.320 e. The molecule has 2 N–H and O–H groups in total. The number of carbonyl (C=O) groups is 1. The lowest BCUT2D eigenvalue weighted by Crippen LogP contribution is -2.35. The molecule has 2 amide bonds. The number of hydrogen-bond acceptors (Lipinski definition) is 3. The van der Waals surface area contributed by atoms with Gasteiger partial charge in [-0.3, -0.25) is 5.32 Å². The minimum atomic E-state index is -0.259. The summed E-state index contributed by atoms with van der Waals surface area (Å²) in [7, 11) is 0. The van der Waals surface area contributed by atoms with E-state index >= 15 is 0 Å². The third kappa shape index (κ3) is 2.71. The van der Waals surface area contributed by atoms with Crippen LogP contribution >= 0.6 is 0 Å². The third-order valence-electron chi connectivity index (χ3n) is 3.17. The molecule has 1 aliphatic rings. The lowest BCUT2D eigenvalue weighted by atomic mass is 10.0. The second-order valence-electron chi connectivity index (χ2n) is 4.54. The van der Waals surface area contributed by atoms with Crippen LogP contribution in [0.25, 0.3) is 0 Å². The van der Waals surface area contributed by atoms with Gasteiger partial charge in [0.05, 0.1) is 12.6 Å². The Bertz CT molecular complexity index is 601. The van der Waals surface area contributed by atoms with Crippen LogP contribution in [0.5, 0.6) is 5.75 Å². The van der Waals surface area contributed by atoms with Gasteiger partial charge in [-0.1, -0.05) is 24.3 Å². The predicted octanol–water partition coefficient (Wildman–Crippen LogP) is 2.73. The number of para-hydroxylation sites is 1. The Labute approximate surface area is 117 Å². The zero-order valence-corrected chi connectivity index (χ0v) is 10.9. The van der Waals surface area contributed by atoms with Crippen LogP contribution < -0.4 is 15.4 Å². The Morgan fingerprint density at radius 3 is 2.90 bits per heavy atom. The van der Waals surface area contributed by atoms with Gasteiger partial charge in [0.1, 0.15) is 11.6 Å². The number of carbonyl (C=O) groups excluding carboxylic acids is 1. The van der Waals surface area contributed by atoms with Crippen LogP contribution in [-0.4, -0.2) is 17.6 Å². The molecule has 5 nitrogen and oxygen atoms in total. The molecule has 3 rings (SSSR count). The van der Waals surface area contributed by atoms with Gasteiger partial charge in [-0.25, -0.2) is 9.78 Å². The highest BCUT2D eigenvalue weighted by atomic mass is 16.5. The molecule has 1 aliphatic heterocycles. The van der Waals surface area contributed by atoms with Crippen molar-refractivity contribution >= 4 is 11.8 Å². The van der Waals surface area contributed by atoms with E-state index in [0.29, 0.717) is 12.4 Å². The summed E-state index contributed by atoms with van der Waals surface area (Å²) in [5.41, 5.74) is 1.01. The maximum Gasteiger partial charge on any atom is 0.320 e. The number of nitrogens with one attached hydrogen (secondary N) is 2. The first-order valence-corrected chi connectivity index (χ1v) is 6.53. The van der Waals surface area contributed by atoms with Gasteiger partial charge in [0.2, 0.25) is 0 Å². The molecule has 1 aromatic heterocycles. The first-order valence-electron chi connectivity index (χ1n) is 6.53. The van der Waals surface area contributed by atoms with E-state index in [4.69, 9.17) is 4.74 Å². The second kappa shape index (κ2) is 5.61. The second-order valence-corrected chi connectivity index (χ2v) is 4.54. The summed E-state index contributed by atoms with van der Waals surface area (Å²) in [4.78, 5) is 16.0. The molecule has 0 fully saturated rings. The van der Waals surface area contributed by atoms with Gasteiger partial charge in [0.25, 0.3) is 0 Å². The van der Waals surface area contributed by atoms with Crippen molar-refractivity contribution in [2.45, 2.75) is 12.5 Å². The number of ether oxygens (including phenoxy) is 1. The Morgan fingerprint density at radius 2 is 2.05 bits per heavy atom. The van der Waals surface area contributed by atoms with Crippen LogP contribution in [0.4, 0.5) is 10.6 Å². The summed E-state index contributed by atoms with van der Waals surface area (Å²) < 4.78 is 5.57. The Hall–Kier alpha value is -2.56. The summed E-state index contributed by atoms with van der Waals surface area (Å²) in [6, 6.07) is 12.8. The Balaban J connectivity index is 1.68. The molecule has 5 heteroatoms. The molecule has 1 atom stereocenters. The highest BCUT2D eigenvalue weighted by Crippen LogP contribution is 2.31. The zero-order chi connectivity index (χ0) is 13.8. The lowest BCUT2D eigenvalue weighted by molar-refractivity contribution is 0.232. The van der Waals surface area contributed by atoms with Gasteiger partial charge in [-0.2, -0.15) is 0 Å². The number of fused-ring (bicyclic) bond motifs is 1. The van der Waals surface area contributed by atoms with E-state index < -0.39 is 0 Å². The topological polar surface area (TPSA) is 63.2 Å². The molecule has 0 spiro atoms. The van der Waals surface area contributed by atoms with E-state index in [2.05, 4.69) is 15.6 Å². The molecule has 2 aromatic rings.